The first kappa shape index (κ1) is 110. The zero-order valence-corrected chi connectivity index (χ0v) is 83.5. The number of pyridine rings is 3. The fourth-order valence-corrected chi connectivity index (χ4v) is 14.4. The largest absolute Gasteiger partial charge is 0.295 e. The van der Waals surface area contributed by atoms with Crippen molar-refractivity contribution in [1.29, 1.82) is 0 Å². The topological polar surface area (TPSA) is 38.1 Å². The van der Waals surface area contributed by atoms with Crippen molar-refractivity contribution >= 4 is 76.7 Å². The average Bonchev–Trinajstić information content (AvgIpc) is 1.54. The summed E-state index contributed by atoms with van der Waals surface area (Å²) in [6.07, 6.45) is 10.5. The summed E-state index contributed by atoms with van der Waals surface area (Å²) in [5, 5.41) is 7.95. The summed E-state index contributed by atoms with van der Waals surface area (Å²) in [6, 6.07) is 100. The lowest BCUT2D eigenvalue weighted by Gasteiger charge is -2.06. The van der Waals surface area contributed by atoms with E-state index in [-0.39, 0.29) is 0 Å². The minimum absolute atomic E-state index is 1.18. The van der Waals surface area contributed by atoms with Crippen LogP contribution in [0.4, 0.5) is 0 Å². The van der Waals surface area contributed by atoms with E-state index in [9.17, 15) is 0 Å². The number of benzene rings is 11. The molecule has 0 radical (unpaired) electrons. The maximum absolute atomic E-state index is 2.40. The number of hydrogen-bond acceptors (Lipinski definition) is 0. The average molecular weight is 1670 g/mol. The van der Waals surface area contributed by atoms with Gasteiger partial charge in [0.15, 0.2) is 28.3 Å². The van der Waals surface area contributed by atoms with Crippen molar-refractivity contribution in [2.75, 3.05) is 0 Å². The van der Waals surface area contributed by atoms with E-state index in [0.29, 0.717) is 0 Å². The van der Waals surface area contributed by atoms with Gasteiger partial charge in [0, 0.05) is 39.2 Å². The third-order valence-electron chi connectivity index (χ3n) is 19.2. The Morgan fingerprint density at radius 3 is 1.05 bits per heavy atom. The Morgan fingerprint density at radius 1 is 0.226 bits per heavy atom. The highest BCUT2D eigenvalue weighted by Crippen LogP contribution is 2.35. The van der Waals surface area contributed by atoms with E-state index >= 15 is 0 Å². The van der Waals surface area contributed by atoms with Crippen LogP contribution in [0.2, 0.25) is 0 Å². The Balaban J connectivity index is 0.000000730. The van der Waals surface area contributed by atoms with E-state index in [0.717, 1.165) is 0 Å². The lowest BCUT2D eigenvalue weighted by atomic mass is 10.0. The number of aromatic nitrogens is 9. The van der Waals surface area contributed by atoms with Gasteiger partial charge in [-0.2, -0.15) is 17.9 Å². The first-order chi connectivity index (χ1) is 60.9. The van der Waals surface area contributed by atoms with Gasteiger partial charge in [-0.1, -0.05) is 368 Å². The highest BCUT2D eigenvalue weighted by Gasteiger charge is 2.28. The third kappa shape index (κ3) is 26.5. The quantitative estimate of drug-likeness (QED) is 0.122. The number of hydrogen-bond donors (Lipinski definition) is 0. The zero-order valence-electron chi connectivity index (χ0n) is 83.5. The molecule has 0 aliphatic rings. The Morgan fingerprint density at radius 2 is 0.573 bits per heavy atom. The van der Waals surface area contributed by atoms with Gasteiger partial charge in [-0.05, 0) is 147 Å². The van der Waals surface area contributed by atoms with E-state index in [1.165, 1.54) is 150 Å². The number of nitrogens with zero attached hydrogens (tertiary/aromatic N) is 9. The molecule has 0 saturated heterocycles. The molecule has 0 fully saturated rings. The molecular weight excluding hydrogens is 1510 g/mol. The number of para-hydroxylation sites is 8. The molecule has 7 heterocycles. The fourth-order valence-electron chi connectivity index (χ4n) is 14.4. The molecule has 660 valence electrons. The summed E-state index contributed by atoms with van der Waals surface area (Å²) in [7, 11) is 10.6. The second kappa shape index (κ2) is 61.3. The monoisotopic (exact) mass is 1670 g/mol. The van der Waals surface area contributed by atoms with Gasteiger partial charge in [0.1, 0.15) is 54.2 Å². The van der Waals surface area contributed by atoms with Gasteiger partial charge in [-0.15, -0.1) is 0 Å². The summed E-state index contributed by atoms with van der Waals surface area (Å²) in [4.78, 5) is 0. The van der Waals surface area contributed by atoms with E-state index in [1.807, 2.05) is 192 Å². The molecule has 11 aromatic carbocycles. The van der Waals surface area contributed by atoms with Crippen LogP contribution in [0.1, 0.15) is 208 Å². The van der Waals surface area contributed by atoms with Crippen LogP contribution < -0.4 is 22.8 Å². The van der Waals surface area contributed by atoms with Gasteiger partial charge in [0.25, 0.3) is 22.9 Å². The van der Waals surface area contributed by atoms with Gasteiger partial charge in [0.05, 0.1) is 50.1 Å². The van der Waals surface area contributed by atoms with Crippen molar-refractivity contribution in [2.24, 2.45) is 35.2 Å². The van der Waals surface area contributed by atoms with Crippen molar-refractivity contribution in [3.63, 3.8) is 0 Å². The van der Waals surface area contributed by atoms with E-state index in [4.69, 9.17) is 0 Å². The van der Waals surface area contributed by atoms with Crippen LogP contribution in [0.3, 0.4) is 0 Å². The maximum Gasteiger partial charge on any atom is 0.295 e. The fraction of sp³-hybridized carbons (Fsp3) is 0.313. The van der Waals surface area contributed by atoms with Crippen LogP contribution in [-0.4, -0.2) is 17.9 Å². The van der Waals surface area contributed by atoms with Gasteiger partial charge >= 0.3 is 0 Å². The van der Waals surface area contributed by atoms with Crippen LogP contribution in [-0.2, 0) is 35.2 Å². The molecule has 0 bridgehead atoms. The molecule has 0 aliphatic carbocycles. The second-order valence-corrected chi connectivity index (χ2v) is 25.5. The molecule has 0 N–H and O–H groups in total. The number of aryl methyl sites for hydroxylation is 10. The highest BCUT2D eigenvalue weighted by molar-refractivity contribution is 6.14. The van der Waals surface area contributed by atoms with Crippen LogP contribution in [0, 0.1) is 34.6 Å². The van der Waals surface area contributed by atoms with Crippen molar-refractivity contribution < 1.29 is 22.8 Å². The molecule has 0 spiro atoms. The number of fused-ring (bicyclic) bond motifs is 15. The number of imidazole rings is 4. The summed E-state index contributed by atoms with van der Waals surface area (Å²) in [6.45, 7) is 62.8. The smallest absolute Gasteiger partial charge is 0.232 e. The van der Waals surface area contributed by atoms with E-state index in [1.54, 1.807) is 0 Å². The molecule has 18 aromatic rings. The molecule has 7 aromatic heterocycles. The Labute approximate surface area is 751 Å². The van der Waals surface area contributed by atoms with Gasteiger partial charge in [-0.3, -0.25) is 0 Å². The standard InChI is InChI=1S/C21H17N2.C21H19N2.C17H15N2.C17H17N2.C13H14N.13C2H6/c1-14-8-7-10-16-15-9-3-4-11-17(15)23-19-13-6-5-12-18(19)22(2)21(23)20(14)16;1-16-10-6-7-13-18(16)21-22(2)19-14-8-9-15-20(19)23(21)17-11-4-3-5-12-17;1-12-6-5-8-14-13-7-3-4-9-15(13)19-11-10-18(2)17(19)16(12)14;1-14-8-6-7-11-16(14)17-18(2)12-13-19(17)15-9-4-3-5-10-15;1-11-7-3-4-8-12(11)13-9-5-6-10-14(13)2;13*1-2/h3-13H,1-2H3;3-15H,1-2H3;3-11H,1-2H3;3-13H,1-2H3;3-10H,1-2H3;13*1-2H3/q5*+1;;;;;;;;;;;;;. The third-order valence-corrected chi connectivity index (χ3v) is 19.2. The Hall–Kier alpha value is -12.1. The normalized spacial score (nSPS) is 9.45. The summed E-state index contributed by atoms with van der Waals surface area (Å²) in [5.74, 6) is 2.40. The first-order valence-electron chi connectivity index (χ1n) is 46.6. The molecule has 0 atom stereocenters. The van der Waals surface area contributed by atoms with Gasteiger partial charge in [0.2, 0.25) is 5.69 Å². The molecule has 0 amide bonds. The molecule has 9 heteroatoms. The number of rotatable bonds is 5. The van der Waals surface area contributed by atoms with E-state index < -0.39 is 0 Å². The SMILES string of the molecule is CC.CC.CC.CC.CC.CC.CC.CC.CC.CC.CC.CC.CC.Cc1cccc2c3ccccc3n3c4ccccc4[n+](C)c3c12.Cc1cccc2c3ccccc3n3cc[n+](C)c3c12.Cc1ccccc1-c1cccc[n+]1C.Cc1ccccc1-c1n(-c2ccccc2)c2ccccc2[n+]1C.Cc1ccccc1-c1n(-c2ccccc2)cc[n+]1C. The van der Waals surface area contributed by atoms with Crippen molar-refractivity contribution in [3.05, 3.63) is 344 Å². The molecule has 124 heavy (non-hydrogen) atoms. The minimum atomic E-state index is 1.18. The summed E-state index contributed by atoms with van der Waals surface area (Å²) >= 11 is 0. The van der Waals surface area contributed by atoms with Crippen LogP contribution in [0.15, 0.2) is 316 Å². The lowest BCUT2D eigenvalue weighted by Crippen LogP contribution is -2.30. The first-order valence-corrected chi connectivity index (χ1v) is 46.6. The lowest BCUT2D eigenvalue weighted by molar-refractivity contribution is -0.660. The van der Waals surface area contributed by atoms with Crippen molar-refractivity contribution in [3.8, 4) is 45.4 Å². The van der Waals surface area contributed by atoms with Gasteiger partial charge in [-0.25, -0.2) is 22.8 Å². The Kier molecular flexibility index (Phi) is 54.3. The van der Waals surface area contributed by atoms with Crippen molar-refractivity contribution in [2.45, 2.75) is 215 Å². The molecule has 9 nitrogen and oxygen atoms in total. The molecular formula is C115H160N9+5. The summed E-state index contributed by atoms with van der Waals surface area (Å²) in [5.41, 5.74) is 24.0. The zero-order chi connectivity index (χ0) is 93.6. The molecule has 0 saturated carbocycles. The minimum Gasteiger partial charge on any atom is -0.232 e. The summed E-state index contributed by atoms with van der Waals surface area (Å²) < 4.78 is 20.4. The molecule has 0 unspecified atom stereocenters. The van der Waals surface area contributed by atoms with Crippen LogP contribution in [0.5, 0.6) is 0 Å². The predicted molar refractivity (Wildman–Crippen MR) is 551 cm³/mol. The highest BCUT2D eigenvalue weighted by atomic mass is 15.2. The second-order valence-electron chi connectivity index (χ2n) is 25.5. The molecule has 18 rings (SSSR count). The van der Waals surface area contributed by atoms with Gasteiger partial charge < -0.3 is 0 Å². The van der Waals surface area contributed by atoms with Crippen LogP contribution in [0.25, 0.3) is 122 Å². The Bertz CT molecular complexity index is 5910. The van der Waals surface area contributed by atoms with Crippen LogP contribution >= 0.6 is 0 Å². The van der Waals surface area contributed by atoms with Crippen molar-refractivity contribution in [1.82, 2.24) is 17.9 Å². The predicted octanol–water partition coefficient (Wildman–Crippen LogP) is 31.4. The van der Waals surface area contributed by atoms with E-state index in [2.05, 4.69) is 415 Å². The maximum atomic E-state index is 2.40. The molecule has 0 aliphatic heterocycles.